The van der Waals surface area contributed by atoms with Gasteiger partial charge >= 0.3 is 6.03 Å². The molecule has 2 amide bonds. The summed E-state index contributed by atoms with van der Waals surface area (Å²) in [5, 5.41) is 7.13. The summed E-state index contributed by atoms with van der Waals surface area (Å²) in [6, 6.07) is 16.0. The number of aromatic nitrogens is 1. The van der Waals surface area contributed by atoms with Gasteiger partial charge in [0.25, 0.3) is 0 Å². The molecule has 2 aromatic carbocycles. The van der Waals surface area contributed by atoms with Crippen LogP contribution in [-0.2, 0) is 0 Å². The van der Waals surface area contributed by atoms with Crippen LogP contribution >= 0.6 is 11.6 Å². The van der Waals surface area contributed by atoms with Crippen molar-refractivity contribution in [2.24, 2.45) is 0 Å². The Morgan fingerprint density at radius 2 is 1.67 bits per heavy atom. The average molecular weight is 298 g/mol. The molecule has 0 unspecified atom stereocenters. The van der Waals surface area contributed by atoms with E-state index in [9.17, 15) is 4.79 Å². The van der Waals surface area contributed by atoms with Crippen LogP contribution in [0.5, 0.6) is 0 Å². The lowest BCUT2D eigenvalue weighted by atomic mass is 10.2. The number of anilines is 2. The van der Waals surface area contributed by atoms with E-state index in [1.165, 1.54) is 0 Å². The lowest BCUT2D eigenvalue weighted by Gasteiger charge is -2.08. The van der Waals surface area contributed by atoms with Gasteiger partial charge in [-0.3, -0.25) is 4.98 Å². The van der Waals surface area contributed by atoms with E-state index in [0.717, 1.165) is 10.9 Å². The maximum atomic E-state index is 11.9. The number of fused-ring (bicyclic) bond motifs is 1. The second-order valence-corrected chi connectivity index (χ2v) is 4.93. The third-order valence-electron chi connectivity index (χ3n) is 2.96. The van der Waals surface area contributed by atoms with Gasteiger partial charge in [0, 0.05) is 28.0 Å². The molecule has 0 aliphatic rings. The zero-order valence-electron chi connectivity index (χ0n) is 11.0. The molecule has 0 saturated carbocycles. The first-order chi connectivity index (χ1) is 10.2. The molecule has 0 spiro atoms. The van der Waals surface area contributed by atoms with E-state index in [2.05, 4.69) is 15.6 Å². The third-order valence-corrected chi connectivity index (χ3v) is 3.21. The number of carbonyl (C=O) groups is 1. The Hall–Kier alpha value is -2.59. The number of nitrogens with one attached hydrogen (secondary N) is 2. The van der Waals surface area contributed by atoms with Crippen LogP contribution in [0.15, 0.2) is 60.8 Å². The Morgan fingerprint density at radius 3 is 2.48 bits per heavy atom. The molecule has 0 radical (unpaired) electrons. The molecule has 3 rings (SSSR count). The maximum absolute atomic E-state index is 11.9. The molecule has 0 aliphatic heterocycles. The Balaban J connectivity index is 1.72. The largest absolute Gasteiger partial charge is 0.323 e. The monoisotopic (exact) mass is 297 g/mol. The number of hydrogen-bond donors (Lipinski definition) is 2. The van der Waals surface area contributed by atoms with Crippen LogP contribution in [0.1, 0.15) is 0 Å². The predicted molar refractivity (Wildman–Crippen MR) is 85.8 cm³/mol. The molecule has 0 bridgehead atoms. The molecule has 3 aromatic rings. The highest BCUT2D eigenvalue weighted by molar-refractivity contribution is 6.30. The van der Waals surface area contributed by atoms with E-state index in [1.807, 2.05) is 30.3 Å². The Bertz CT molecular complexity index is 787. The normalized spacial score (nSPS) is 10.3. The van der Waals surface area contributed by atoms with Crippen molar-refractivity contribution in [3.63, 3.8) is 0 Å². The van der Waals surface area contributed by atoms with Gasteiger partial charge in [0.15, 0.2) is 0 Å². The molecule has 2 N–H and O–H groups in total. The van der Waals surface area contributed by atoms with Crippen LogP contribution < -0.4 is 10.6 Å². The smallest absolute Gasteiger partial charge is 0.308 e. The molecule has 5 heteroatoms. The quantitative estimate of drug-likeness (QED) is 0.730. The molecular weight excluding hydrogens is 286 g/mol. The number of hydrogen-bond acceptors (Lipinski definition) is 2. The minimum atomic E-state index is -0.305. The van der Waals surface area contributed by atoms with E-state index in [4.69, 9.17) is 11.6 Å². The van der Waals surface area contributed by atoms with Gasteiger partial charge < -0.3 is 10.6 Å². The first kappa shape index (κ1) is 13.4. The van der Waals surface area contributed by atoms with Gasteiger partial charge in [0.05, 0.1) is 5.52 Å². The molecule has 21 heavy (non-hydrogen) atoms. The highest BCUT2D eigenvalue weighted by Gasteiger charge is 2.03. The Morgan fingerprint density at radius 1 is 0.952 bits per heavy atom. The van der Waals surface area contributed by atoms with Crippen molar-refractivity contribution in [1.29, 1.82) is 0 Å². The zero-order valence-corrected chi connectivity index (χ0v) is 11.8. The number of amides is 2. The summed E-state index contributed by atoms with van der Waals surface area (Å²) in [6.45, 7) is 0. The molecule has 0 atom stereocenters. The van der Waals surface area contributed by atoms with Crippen molar-refractivity contribution in [2.75, 3.05) is 10.6 Å². The third kappa shape index (κ3) is 3.30. The van der Waals surface area contributed by atoms with E-state index < -0.39 is 0 Å². The van der Waals surface area contributed by atoms with E-state index in [0.29, 0.717) is 16.4 Å². The molecule has 4 nitrogen and oxygen atoms in total. The fourth-order valence-electron chi connectivity index (χ4n) is 1.98. The van der Waals surface area contributed by atoms with Crippen molar-refractivity contribution >= 4 is 39.9 Å². The number of carbonyl (C=O) groups excluding carboxylic acids is 1. The van der Waals surface area contributed by atoms with Crippen molar-refractivity contribution in [1.82, 2.24) is 4.98 Å². The standard InChI is InChI=1S/C16H12ClN3O/c17-12-3-5-13(6-4-12)19-16(21)20-14-7-8-15-11(10-14)2-1-9-18-15/h1-10H,(H2,19,20,21). The van der Waals surface area contributed by atoms with Gasteiger partial charge in [-0.15, -0.1) is 0 Å². The lowest BCUT2D eigenvalue weighted by molar-refractivity contribution is 0.262. The molecule has 1 aromatic heterocycles. The number of benzene rings is 2. The molecule has 1 heterocycles. The molecule has 0 aliphatic carbocycles. The van der Waals surface area contributed by atoms with Gasteiger partial charge in [-0.1, -0.05) is 17.7 Å². The summed E-state index contributed by atoms with van der Waals surface area (Å²) in [5.74, 6) is 0. The molecular formula is C16H12ClN3O. The van der Waals surface area contributed by atoms with E-state index >= 15 is 0 Å². The minimum Gasteiger partial charge on any atom is -0.308 e. The van der Waals surface area contributed by atoms with Crippen LogP contribution in [0, 0.1) is 0 Å². The summed E-state index contributed by atoms with van der Waals surface area (Å²) in [5.41, 5.74) is 2.28. The summed E-state index contributed by atoms with van der Waals surface area (Å²) in [4.78, 5) is 16.2. The first-order valence-corrected chi connectivity index (χ1v) is 6.77. The summed E-state index contributed by atoms with van der Waals surface area (Å²) < 4.78 is 0. The van der Waals surface area contributed by atoms with Crippen molar-refractivity contribution in [3.8, 4) is 0 Å². The average Bonchev–Trinajstić information content (AvgIpc) is 2.49. The van der Waals surface area contributed by atoms with Crippen LogP contribution in [0.3, 0.4) is 0 Å². The van der Waals surface area contributed by atoms with Crippen molar-refractivity contribution in [2.45, 2.75) is 0 Å². The first-order valence-electron chi connectivity index (χ1n) is 6.39. The van der Waals surface area contributed by atoms with Gasteiger partial charge in [0.2, 0.25) is 0 Å². The van der Waals surface area contributed by atoms with Crippen molar-refractivity contribution in [3.05, 3.63) is 65.8 Å². The predicted octanol–water partition coefficient (Wildman–Crippen LogP) is 4.53. The fraction of sp³-hybridized carbons (Fsp3) is 0. The minimum absolute atomic E-state index is 0.305. The summed E-state index contributed by atoms with van der Waals surface area (Å²) >= 11 is 5.80. The van der Waals surface area contributed by atoms with Gasteiger partial charge in [-0.05, 0) is 48.5 Å². The molecule has 0 saturated heterocycles. The van der Waals surface area contributed by atoms with Crippen LogP contribution in [0.25, 0.3) is 10.9 Å². The number of nitrogens with zero attached hydrogens (tertiary/aromatic N) is 1. The topological polar surface area (TPSA) is 54.0 Å². The highest BCUT2D eigenvalue weighted by atomic mass is 35.5. The summed E-state index contributed by atoms with van der Waals surface area (Å²) in [6.07, 6.45) is 1.74. The van der Waals surface area contributed by atoms with E-state index in [-0.39, 0.29) is 6.03 Å². The van der Waals surface area contributed by atoms with Crippen LogP contribution in [0.4, 0.5) is 16.2 Å². The lowest BCUT2D eigenvalue weighted by Crippen LogP contribution is -2.19. The Labute approximate surface area is 126 Å². The molecule has 0 fully saturated rings. The maximum Gasteiger partial charge on any atom is 0.323 e. The fourth-order valence-corrected chi connectivity index (χ4v) is 2.11. The summed E-state index contributed by atoms with van der Waals surface area (Å²) in [7, 11) is 0. The second kappa shape index (κ2) is 5.81. The number of halogens is 1. The van der Waals surface area contributed by atoms with Gasteiger partial charge in [-0.2, -0.15) is 0 Å². The number of urea groups is 1. The van der Waals surface area contributed by atoms with Gasteiger partial charge in [-0.25, -0.2) is 4.79 Å². The number of rotatable bonds is 2. The van der Waals surface area contributed by atoms with E-state index in [1.54, 1.807) is 30.5 Å². The van der Waals surface area contributed by atoms with Crippen LogP contribution in [-0.4, -0.2) is 11.0 Å². The van der Waals surface area contributed by atoms with Crippen LogP contribution in [0.2, 0.25) is 5.02 Å². The number of pyridine rings is 1. The highest BCUT2D eigenvalue weighted by Crippen LogP contribution is 2.18. The Kier molecular flexibility index (Phi) is 3.71. The second-order valence-electron chi connectivity index (χ2n) is 4.50. The molecule has 104 valence electrons. The van der Waals surface area contributed by atoms with Crippen molar-refractivity contribution < 1.29 is 4.79 Å². The zero-order chi connectivity index (χ0) is 14.7. The van der Waals surface area contributed by atoms with Gasteiger partial charge in [0.1, 0.15) is 0 Å². The SMILES string of the molecule is O=C(Nc1ccc(Cl)cc1)Nc1ccc2ncccc2c1.